The van der Waals surface area contributed by atoms with Crippen molar-refractivity contribution in [3.63, 3.8) is 0 Å². The maximum atomic E-state index is 4.73. The van der Waals surface area contributed by atoms with Crippen molar-refractivity contribution in [2.75, 3.05) is 26.2 Å². The van der Waals surface area contributed by atoms with E-state index in [9.17, 15) is 0 Å². The summed E-state index contributed by atoms with van der Waals surface area (Å²) in [5.41, 5.74) is 0.415. The number of piperidine rings is 3. The minimum Gasteiger partial charge on any atom is -0.361 e. The second kappa shape index (κ2) is 5.28. The molecule has 2 atom stereocenters. The Morgan fingerprint density at radius 1 is 1.32 bits per heavy atom. The van der Waals surface area contributed by atoms with E-state index in [4.69, 9.17) is 4.99 Å². The van der Waals surface area contributed by atoms with Gasteiger partial charge in [-0.3, -0.25) is 4.99 Å². The van der Waals surface area contributed by atoms with Crippen molar-refractivity contribution >= 4 is 16.9 Å². The first kappa shape index (κ1) is 13.7. The summed E-state index contributed by atoms with van der Waals surface area (Å²) in [6.45, 7) is 11.8. The van der Waals surface area contributed by atoms with Crippen molar-refractivity contribution in [3.8, 4) is 0 Å². The van der Waals surface area contributed by atoms with Crippen LogP contribution in [0.2, 0.25) is 0 Å². The zero-order valence-electron chi connectivity index (χ0n) is 12.5. The van der Waals surface area contributed by atoms with Gasteiger partial charge in [-0.2, -0.15) is 0 Å². The van der Waals surface area contributed by atoms with E-state index in [-0.39, 0.29) is 0 Å². The summed E-state index contributed by atoms with van der Waals surface area (Å²) in [6.07, 6.45) is 4.01. The summed E-state index contributed by atoms with van der Waals surface area (Å²) in [5.74, 6) is 0.884. The Morgan fingerprint density at radius 3 is 2.63 bits per heavy atom. The van der Waals surface area contributed by atoms with Crippen LogP contribution >= 0.6 is 11.8 Å². The zero-order chi connectivity index (χ0) is 13.5. The molecule has 4 aliphatic heterocycles. The van der Waals surface area contributed by atoms with Gasteiger partial charge in [0.25, 0.3) is 0 Å². The highest BCUT2D eigenvalue weighted by molar-refractivity contribution is 8.14. The van der Waals surface area contributed by atoms with E-state index in [0.29, 0.717) is 16.7 Å². The largest absolute Gasteiger partial charge is 0.361 e. The van der Waals surface area contributed by atoms with Crippen LogP contribution in [-0.4, -0.2) is 47.5 Å². The SMILES string of the molecule is CC(C)(C)CC1CN=C(NC2CN3CCC2CC3)S1. The van der Waals surface area contributed by atoms with Gasteiger partial charge in [-0.05, 0) is 43.7 Å². The quantitative estimate of drug-likeness (QED) is 0.843. The van der Waals surface area contributed by atoms with E-state index in [0.717, 1.165) is 12.5 Å². The van der Waals surface area contributed by atoms with Crippen LogP contribution in [0.15, 0.2) is 4.99 Å². The molecule has 0 aromatic heterocycles. The van der Waals surface area contributed by atoms with Crippen LogP contribution in [0.3, 0.4) is 0 Å². The second-order valence-electron chi connectivity index (χ2n) is 7.54. The summed E-state index contributed by atoms with van der Waals surface area (Å²) in [4.78, 5) is 7.33. The average molecular weight is 281 g/mol. The standard InChI is InChI=1S/C15H27N3S/c1-15(2,3)8-12-9-16-14(19-12)17-13-10-18-6-4-11(13)5-7-18/h11-13H,4-10H2,1-3H3,(H,16,17). The Kier molecular flexibility index (Phi) is 3.82. The average Bonchev–Trinajstić information content (AvgIpc) is 2.75. The highest BCUT2D eigenvalue weighted by atomic mass is 32.2. The maximum Gasteiger partial charge on any atom is 0.157 e. The molecule has 4 heterocycles. The van der Waals surface area contributed by atoms with Gasteiger partial charge in [0.05, 0.1) is 6.54 Å². The van der Waals surface area contributed by atoms with Crippen molar-refractivity contribution in [2.45, 2.75) is 51.3 Å². The predicted octanol–water partition coefficient (Wildman–Crippen LogP) is 2.58. The summed E-state index contributed by atoms with van der Waals surface area (Å²) < 4.78 is 0. The van der Waals surface area contributed by atoms with Crippen molar-refractivity contribution in [3.05, 3.63) is 0 Å². The smallest absolute Gasteiger partial charge is 0.157 e. The van der Waals surface area contributed by atoms with E-state index >= 15 is 0 Å². The molecule has 3 fully saturated rings. The molecule has 1 N–H and O–H groups in total. The zero-order valence-corrected chi connectivity index (χ0v) is 13.3. The lowest BCUT2D eigenvalue weighted by molar-refractivity contribution is 0.0816. The third kappa shape index (κ3) is 3.46. The van der Waals surface area contributed by atoms with Crippen molar-refractivity contribution in [1.29, 1.82) is 0 Å². The van der Waals surface area contributed by atoms with Crippen molar-refractivity contribution < 1.29 is 0 Å². The topological polar surface area (TPSA) is 27.6 Å². The normalized spacial score (nSPS) is 38.4. The minimum absolute atomic E-state index is 0.415. The fourth-order valence-electron chi connectivity index (χ4n) is 3.57. The Labute approximate surface area is 121 Å². The second-order valence-corrected chi connectivity index (χ2v) is 8.83. The molecule has 0 saturated carbocycles. The van der Waals surface area contributed by atoms with E-state index in [1.54, 1.807) is 0 Å². The predicted molar refractivity (Wildman–Crippen MR) is 83.8 cm³/mol. The molecule has 4 aliphatic rings. The van der Waals surface area contributed by atoms with Gasteiger partial charge in [-0.1, -0.05) is 32.5 Å². The third-order valence-electron chi connectivity index (χ3n) is 4.52. The maximum absolute atomic E-state index is 4.73. The minimum atomic E-state index is 0.415. The van der Waals surface area contributed by atoms with Crippen molar-refractivity contribution in [1.82, 2.24) is 10.2 Å². The van der Waals surface area contributed by atoms with Gasteiger partial charge in [-0.25, -0.2) is 0 Å². The molecule has 0 aliphatic carbocycles. The summed E-state index contributed by atoms with van der Waals surface area (Å²) in [6, 6.07) is 0.655. The van der Waals surface area contributed by atoms with Crippen LogP contribution < -0.4 is 5.32 Å². The molecule has 19 heavy (non-hydrogen) atoms. The number of hydrogen-bond donors (Lipinski definition) is 1. The molecule has 4 heteroatoms. The molecule has 2 unspecified atom stereocenters. The van der Waals surface area contributed by atoms with E-state index in [1.165, 1.54) is 44.1 Å². The fourth-order valence-corrected chi connectivity index (χ4v) is 4.99. The number of amidine groups is 1. The summed E-state index contributed by atoms with van der Waals surface area (Å²) >= 11 is 1.98. The van der Waals surface area contributed by atoms with Crippen molar-refractivity contribution in [2.24, 2.45) is 16.3 Å². The molecule has 4 rings (SSSR count). The van der Waals surface area contributed by atoms with Gasteiger partial charge < -0.3 is 10.2 Å². The molecule has 3 nitrogen and oxygen atoms in total. The van der Waals surface area contributed by atoms with Gasteiger partial charge in [0.1, 0.15) is 0 Å². The molecule has 108 valence electrons. The van der Waals surface area contributed by atoms with Gasteiger partial charge in [0.2, 0.25) is 0 Å². The number of nitrogens with zero attached hydrogens (tertiary/aromatic N) is 2. The van der Waals surface area contributed by atoms with E-state index in [2.05, 4.69) is 31.0 Å². The number of hydrogen-bond acceptors (Lipinski definition) is 4. The molecule has 0 aromatic carbocycles. The Balaban J connectivity index is 1.49. The Hall–Kier alpha value is -0.220. The van der Waals surface area contributed by atoms with Gasteiger partial charge in [0.15, 0.2) is 5.17 Å². The number of aliphatic imine (C=N–C) groups is 1. The highest BCUT2D eigenvalue weighted by Crippen LogP contribution is 2.33. The number of thioether (sulfide) groups is 1. The van der Waals surface area contributed by atoms with E-state index < -0.39 is 0 Å². The summed E-state index contributed by atoms with van der Waals surface area (Å²) in [7, 11) is 0. The first-order valence-corrected chi connectivity index (χ1v) is 8.57. The third-order valence-corrected chi connectivity index (χ3v) is 5.64. The van der Waals surface area contributed by atoms with Crippen LogP contribution in [0.4, 0.5) is 0 Å². The van der Waals surface area contributed by atoms with Crippen LogP contribution in [-0.2, 0) is 0 Å². The molecule has 0 spiro atoms. The molecular formula is C15H27N3S. The number of rotatable bonds is 2. The number of fused-ring (bicyclic) bond motifs is 3. The Morgan fingerprint density at radius 2 is 2.05 bits per heavy atom. The highest BCUT2D eigenvalue weighted by Gasteiger charge is 2.35. The van der Waals surface area contributed by atoms with Crippen LogP contribution in [0.25, 0.3) is 0 Å². The molecule has 2 bridgehead atoms. The first-order valence-electron chi connectivity index (χ1n) is 7.70. The van der Waals surface area contributed by atoms with Crippen LogP contribution in [0, 0.1) is 11.3 Å². The molecule has 0 amide bonds. The number of nitrogens with one attached hydrogen (secondary N) is 1. The molecule has 3 saturated heterocycles. The van der Waals surface area contributed by atoms with Gasteiger partial charge in [-0.15, -0.1) is 0 Å². The van der Waals surface area contributed by atoms with Crippen LogP contribution in [0.5, 0.6) is 0 Å². The van der Waals surface area contributed by atoms with Crippen LogP contribution in [0.1, 0.15) is 40.0 Å². The van der Waals surface area contributed by atoms with E-state index in [1.807, 2.05) is 11.8 Å². The van der Waals surface area contributed by atoms with Gasteiger partial charge >= 0.3 is 0 Å². The summed E-state index contributed by atoms with van der Waals surface area (Å²) in [5, 5.41) is 5.64. The first-order chi connectivity index (χ1) is 8.99. The molecule has 0 radical (unpaired) electrons. The molecule has 0 aromatic rings. The monoisotopic (exact) mass is 281 g/mol. The van der Waals surface area contributed by atoms with Gasteiger partial charge in [0, 0.05) is 17.8 Å². The molecular weight excluding hydrogens is 254 g/mol. The lowest BCUT2D eigenvalue weighted by Crippen LogP contribution is -2.56. The lowest BCUT2D eigenvalue weighted by atomic mass is 9.84. The fraction of sp³-hybridized carbons (Fsp3) is 0.933. The lowest BCUT2D eigenvalue weighted by Gasteiger charge is -2.45. The Bertz CT molecular complexity index is 353.